The average Bonchev–Trinajstić information content (AvgIpc) is 3.24. The van der Waals surface area contributed by atoms with Crippen molar-refractivity contribution in [1.82, 2.24) is 15.1 Å². The van der Waals surface area contributed by atoms with Gasteiger partial charge in [0.25, 0.3) is 0 Å². The Morgan fingerprint density at radius 2 is 1.97 bits per heavy atom. The van der Waals surface area contributed by atoms with Crippen LogP contribution in [0.25, 0.3) is 11.1 Å². The summed E-state index contributed by atoms with van der Waals surface area (Å²) in [4.78, 5) is 2.37. The number of benzene rings is 2. The number of hydrogen-bond acceptors (Lipinski definition) is 4. The molecule has 5 nitrogen and oxygen atoms in total. The Bertz CT molecular complexity index is 1020. The van der Waals surface area contributed by atoms with E-state index in [0.717, 1.165) is 61.3 Å². The Kier molecular flexibility index (Phi) is 5.99. The number of halogens is 2. The zero-order valence-electron chi connectivity index (χ0n) is 17.1. The minimum absolute atomic E-state index is 0.185. The third-order valence-electron chi connectivity index (χ3n) is 5.69. The molecule has 158 valence electrons. The zero-order valence-corrected chi connectivity index (χ0v) is 17.1. The van der Waals surface area contributed by atoms with Crippen molar-refractivity contribution < 1.29 is 18.3 Å². The molecule has 1 aliphatic rings. The van der Waals surface area contributed by atoms with Crippen LogP contribution in [0.2, 0.25) is 0 Å². The maximum atomic E-state index is 14.4. The number of methoxy groups -OCH3 is 2. The number of aromatic nitrogens is 2. The van der Waals surface area contributed by atoms with Crippen LogP contribution in [0.1, 0.15) is 30.0 Å². The first-order valence-electron chi connectivity index (χ1n) is 10.0. The van der Waals surface area contributed by atoms with E-state index in [4.69, 9.17) is 9.47 Å². The fraction of sp³-hybridized carbons (Fsp3) is 0.348. The number of piperidine rings is 1. The second-order valence-electron chi connectivity index (χ2n) is 7.57. The van der Waals surface area contributed by atoms with Crippen LogP contribution < -0.4 is 9.47 Å². The quantitative estimate of drug-likeness (QED) is 0.634. The molecule has 1 fully saturated rings. The van der Waals surface area contributed by atoms with Crippen molar-refractivity contribution in [3.63, 3.8) is 0 Å². The van der Waals surface area contributed by atoms with Gasteiger partial charge in [-0.1, -0.05) is 6.07 Å². The normalized spacial score (nSPS) is 17.1. The zero-order chi connectivity index (χ0) is 21.1. The lowest BCUT2D eigenvalue weighted by molar-refractivity contribution is 0.196. The van der Waals surface area contributed by atoms with Gasteiger partial charge in [-0.3, -0.25) is 10.00 Å². The summed E-state index contributed by atoms with van der Waals surface area (Å²) >= 11 is 0. The standard InChI is InChI=1S/C23H25F2N3O2/c1-29-18-7-5-15(22(11-18)30-2)13-28-9-3-4-16(14-28)23-20(12-26-27-23)19-8-6-17(24)10-21(19)25/h5-8,10-12,16H,3-4,9,13-14H2,1-2H3,(H,26,27). The summed E-state index contributed by atoms with van der Waals surface area (Å²) in [6.45, 7) is 2.53. The number of nitrogens with zero attached hydrogens (tertiary/aromatic N) is 2. The molecule has 3 aromatic rings. The van der Waals surface area contributed by atoms with Gasteiger partial charge in [-0.15, -0.1) is 0 Å². The van der Waals surface area contributed by atoms with E-state index in [1.165, 1.54) is 12.1 Å². The molecule has 7 heteroatoms. The van der Waals surface area contributed by atoms with Gasteiger partial charge in [0.1, 0.15) is 23.1 Å². The van der Waals surface area contributed by atoms with Gasteiger partial charge >= 0.3 is 0 Å². The highest BCUT2D eigenvalue weighted by Crippen LogP contribution is 2.35. The third kappa shape index (κ3) is 4.16. The Balaban J connectivity index is 1.54. The molecule has 1 saturated heterocycles. The number of aromatic amines is 1. The Labute approximate surface area is 174 Å². The highest BCUT2D eigenvalue weighted by molar-refractivity contribution is 5.66. The van der Waals surface area contributed by atoms with Crippen molar-refractivity contribution >= 4 is 0 Å². The summed E-state index contributed by atoms with van der Waals surface area (Å²) in [6, 6.07) is 9.51. The lowest BCUT2D eigenvalue weighted by atomic mass is 9.90. The first-order chi connectivity index (χ1) is 14.6. The van der Waals surface area contributed by atoms with Crippen molar-refractivity contribution in [2.24, 2.45) is 0 Å². The second-order valence-corrected chi connectivity index (χ2v) is 7.57. The SMILES string of the molecule is COc1ccc(CN2CCCC(c3[nH]ncc3-c3ccc(F)cc3F)C2)c(OC)c1. The molecule has 1 aromatic heterocycles. The molecule has 1 aliphatic heterocycles. The largest absolute Gasteiger partial charge is 0.497 e. The number of H-pyrrole nitrogens is 1. The Hall–Kier alpha value is -2.93. The van der Waals surface area contributed by atoms with Gasteiger partial charge in [0.2, 0.25) is 0 Å². The molecular weight excluding hydrogens is 388 g/mol. The first kappa shape index (κ1) is 20.3. The van der Waals surface area contributed by atoms with E-state index in [9.17, 15) is 8.78 Å². The van der Waals surface area contributed by atoms with E-state index in [2.05, 4.69) is 15.1 Å². The number of hydrogen-bond donors (Lipinski definition) is 1. The van der Waals surface area contributed by atoms with Crippen LogP contribution in [-0.4, -0.2) is 42.4 Å². The van der Waals surface area contributed by atoms with Crippen molar-refractivity contribution in [2.75, 3.05) is 27.3 Å². The molecule has 0 saturated carbocycles. The van der Waals surface area contributed by atoms with Crippen LogP contribution >= 0.6 is 0 Å². The van der Waals surface area contributed by atoms with E-state index in [1.54, 1.807) is 20.4 Å². The predicted molar refractivity (Wildman–Crippen MR) is 111 cm³/mol. The molecule has 0 amide bonds. The molecule has 1 unspecified atom stereocenters. The number of ether oxygens (including phenoxy) is 2. The second kappa shape index (κ2) is 8.83. The van der Waals surface area contributed by atoms with Crippen molar-refractivity contribution in [3.8, 4) is 22.6 Å². The van der Waals surface area contributed by atoms with Gasteiger partial charge < -0.3 is 9.47 Å². The van der Waals surface area contributed by atoms with Gasteiger partial charge in [-0.05, 0) is 37.6 Å². The van der Waals surface area contributed by atoms with E-state index < -0.39 is 11.6 Å². The van der Waals surface area contributed by atoms with E-state index in [0.29, 0.717) is 11.1 Å². The minimum Gasteiger partial charge on any atom is -0.497 e. The molecule has 0 aliphatic carbocycles. The van der Waals surface area contributed by atoms with Gasteiger partial charge in [-0.2, -0.15) is 5.10 Å². The van der Waals surface area contributed by atoms with Crippen LogP contribution in [0.3, 0.4) is 0 Å². The van der Waals surface area contributed by atoms with Crippen LogP contribution in [-0.2, 0) is 6.54 Å². The molecule has 1 atom stereocenters. The monoisotopic (exact) mass is 413 g/mol. The van der Waals surface area contributed by atoms with Crippen LogP contribution in [0.5, 0.6) is 11.5 Å². The van der Waals surface area contributed by atoms with Gasteiger partial charge in [-0.25, -0.2) is 8.78 Å². The topological polar surface area (TPSA) is 50.4 Å². The molecule has 0 bridgehead atoms. The summed E-state index contributed by atoms with van der Waals surface area (Å²) in [5.41, 5.74) is 3.05. The van der Waals surface area contributed by atoms with Gasteiger partial charge in [0, 0.05) is 53.5 Å². The van der Waals surface area contributed by atoms with E-state index >= 15 is 0 Å². The molecule has 30 heavy (non-hydrogen) atoms. The van der Waals surface area contributed by atoms with Crippen LogP contribution in [0, 0.1) is 11.6 Å². The maximum absolute atomic E-state index is 14.4. The molecular formula is C23H25F2N3O2. The predicted octanol–water partition coefficient (Wildman–Crippen LogP) is 4.75. The van der Waals surface area contributed by atoms with E-state index in [-0.39, 0.29) is 5.92 Å². The fourth-order valence-electron chi connectivity index (χ4n) is 4.19. The Morgan fingerprint density at radius 3 is 2.73 bits per heavy atom. The molecule has 1 N–H and O–H groups in total. The highest BCUT2D eigenvalue weighted by atomic mass is 19.1. The minimum atomic E-state index is -0.585. The average molecular weight is 413 g/mol. The summed E-state index contributed by atoms with van der Waals surface area (Å²) in [6.07, 6.45) is 3.62. The molecule has 0 spiro atoms. The van der Waals surface area contributed by atoms with Crippen molar-refractivity contribution in [2.45, 2.75) is 25.3 Å². The summed E-state index contributed by atoms with van der Waals surface area (Å²) in [5, 5.41) is 7.21. The van der Waals surface area contributed by atoms with Crippen molar-refractivity contribution in [3.05, 3.63) is 65.5 Å². The molecule has 2 heterocycles. The van der Waals surface area contributed by atoms with Crippen molar-refractivity contribution in [1.29, 1.82) is 0 Å². The van der Waals surface area contributed by atoms with E-state index in [1.807, 2.05) is 18.2 Å². The molecule has 4 rings (SSSR count). The number of likely N-dealkylation sites (tertiary alicyclic amines) is 1. The smallest absolute Gasteiger partial charge is 0.134 e. The summed E-state index contributed by atoms with van der Waals surface area (Å²) < 4.78 is 38.5. The summed E-state index contributed by atoms with van der Waals surface area (Å²) in [5.74, 6) is 0.583. The highest BCUT2D eigenvalue weighted by Gasteiger charge is 2.26. The lowest BCUT2D eigenvalue weighted by Gasteiger charge is -2.33. The summed E-state index contributed by atoms with van der Waals surface area (Å²) in [7, 11) is 3.29. The molecule has 0 radical (unpaired) electrons. The van der Waals surface area contributed by atoms with Crippen LogP contribution in [0.15, 0.2) is 42.6 Å². The number of nitrogens with one attached hydrogen (secondary N) is 1. The fourth-order valence-corrected chi connectivity index (χ4v) is 4.19. The Morgan fingerprint density at radius 1 is 1.10 bits per heavy atom. The molecule has 2 aromatic carbocycles. The number of rotatable bonds is 6. The first-order valence-corrected chi connectivity index (χ1v) is 10.0. The maximum Gasteiger partial charge on any atom is 0.134 e. The third-order valence-corrected chi connectivity index (χ3v) is 5.69. The lowest BCUT2D eigenvalue weighted by Crippen LogP contribution is -2.34. The van der Waals surface area contributed by atoms with Crippen LogP contribution in [0.4, 0.5) is 8.78 Å². The van der Waals surface area contributed by atoms with Gasteiger partial charge in [0.05, 0.1) is 20.4 Å². The van der Waals surface area contributed by atoms with Gasteiger partial charge in [0.15, 0.2) is 0 Å².